The molecule has 1 aliphatic heterocycles. The molecule has 0 aromatic carbocycles. The van der Waals surface area contributed by atoms with Gasteiger partial charge < -0.3 is 9.47 Å². The molecule has 60 valence electrons. The largest absolute Gasteiger partial charge is 0.346 e. The van der Waals surface area contributed by atoms with E-state index in [0.717, 1.165) is 0 Å². The van der Waals surface area contributed by atoms with E-state index in [1.165, 1.54) is 0 Å². The van der Waals surface area contributed by atoms with Crippen molar-refractivity contribution in [1.29, 1.82) is 0 Å². The second kappa shape index (κ2) is 3.88. The molecule has 2 atom stereocenters. The van der Waals surface area contributed by atoms with E-state index < -0.39 is 0 Å². The first-order chi connectivity index (χ1) is 4.88. The predicted molar refractivity (Wildman–Crippen MR) is 33.0 cm³/mol. The smallest absolute Gasteiger partial charge is 0.246 e. The Morgan fingerprint density at radius 3 is 1.60 bits per heavy atom. The zero-order valence-corrected chi connectivity index (χ0v) is 6.20. The van der Waals surface area contributed by atoms with Gasteiger partial charge in [-0.3, -0.25) is 0 Å². The van der Waals surface area contributed by atoms with Gasteiger partial charge in [-0.25, -0.2) is 0 Å². The van der Waals surface area contributed by atoms with Crippen LogP contribution in [0, 0.1) is 0 Å². The monoisotopic (exact) mass is 148 g/mol. The van der Waals surface area contributed by atoms with Crippen LogP contribution < -0.4 is 0 Å². The number of hydrogen-bond donors (Lipinski definition) is 0. The Kier molecular flexibility index (Phi) is 3.08. The number of hydrogen-bond acceptors (Lipinski definition) is 4. The quantitative estimate of drug-likeness (QED) is 0.549. The normalized spacial score (nSPS) is 31.8. The van der Waals surface area contributed by atoms with Crippen molar-refractivity contribution >= 4 is 0 Å². The SMILES string of the molecule is CCO[C@H]1OO[C@@H]1OCC. The van der Waals surface area contributed by atoms with Crippen molar-refractivity contribution in [3.05, 3.63) is 0 Å². The Labute approximate surface area is 59.9 Å². The lowest BCUT2D eigenvalue weighted by molar-refractivity contribution is -0.565. The van der Waals surface area contributed by atoms with Crippen LogP contribution in [-0.4, -0.2) is 25.8 Å². The molecule has 0 N–H and O–H groups in total. The standard InChI is InChI=1S/C6H12O4/c1-3-7-5-6(8-4-2)10-9-5/h5-6H,3-4H2,1-2H3/t5-,6-/m0/s1. The van der Waals surface area contributed by atoms with Gasteiger partial charge in [-0.2, -0.15) is 9.78 Å². The lowest BCUT2D eigenvalue weighted by Crippen LogP contribution is -2.46. The minimum absolute atomic E-state index is 0.329. The van der Waals surface area contributed by atoms with E-state index in [1.807, 2.05) is 13.8 Å². The fraction of sp³-hybridized carbons (Fsp3) is 1.00. The minimum Gasteiger partial charge on any atom is -0.346 e. The van der Waals surface area contributed by atoms with Gasteiger partial charge in [0.2, 0.25) is 12.6 Å². The second-order valence-corrected chi connectivity index (χ2v) is 1.84. The summed E-state index contributed by atoms with van der Waals surface area (Å²) >= 11 is 0. The maximum atomic E-state index is 5.07. The topological polar surface area (TPSA) is 36.9 Å². The van der Waals surface area contributed by atoms with Crippen LogP contribution in [0.4, 0.5) is 0 Å². The van der Waals surface area contributed by atoms with Crippen LogP contribution in [0.25, 0.3) is 0 Å². The molecule has 0 spiro atoms. The van der Waals surface area contributed by atoms with Crippen molar-refractivity contribution in [2.24, 2.45) is 0 Å². The highest BCUT2D eigenvalue weighted by Crippen LogP contribution is 2.18. The van der Waals surface area contributed by atoms with Gasteiger partial charge >= 0.3 is 0 Å². The Balaban J connectivity index is 2.09. The van der Waals surface area contributed by atoms with Crippen LogP contribution >= 0.6 is 0 Å². The molecule has 0 aromatic heterocycles. The van der Waals surface area contributed by atoms with Gasteiger partial charge in [-0.15, -0.1) is 0 Å². The molecule has 0 aliphatic carbocycles. The predicted octanol–water partition coefficient (Wildman–Crippen LogP) is 0.673. The van der Waals surface area contributed by atoms with Crippen molar-refractivity contribution in [3.8, 4) is 0 Å². The van der Waals surface area contributed by atoms with Crippen LogP contribution in [0.3, 0.4) is 0 Å². The first kappa shape index (κ1) is 7.94. The summed E-state index contributed by atoms with van der Waals surface area (Å²) < 4.78 is 10.1. The summed E-state index contributed by atoms with van der Waals surface area (Å²) in [5, 5.41) is 0. The van der Waals surface area contributed by atoms with Crippen molar-refractivity contribution < 1.29 is 19.2 Å². The molecule has 4 heteroatoms. The van der Waals surface area contributed by atoms with Crippen molar-refractivity contribution in [2.75, 3.05) is 13.2 Å². The minimum atomic E-state index is -0.329. The maximum Gasteiger partial charge on any atom is 0.246 e. The maximum absolute atomic E-state index is 5.07. The van der Waals surface area contributed by atoms with E-state index in [0.29, 0.717) is 13.2 Å². The summed E-state index contributed by atoms with van der Waals surface area (Å²) in [5.74, 6) is 0. The van der Waals surface area contributed by atoms with E-state index in [2.05, 4.69) is 9.78 Å². The molecular weight excluding hydrogens is 136 g/mol. The van der Waals surface area contributed by atoms with Crippen molar-refractivity contribution in [2.45, 2.75) is 26.4 Å². The Hall–Kier alpha value is -0.160. The molecular formula is C6H12O4. The second-order valence-electron chi connectivity index (χ2n) is 1.84. The lowest BCUT2D eigenvalue weighted by atomic mass is 10.5. The summed E-state index contributed by atoms with van der Waals surface area (Å²) in [5.41, 5.74) is 0. The molecule has 0 amide bonds. The number of rotatable bonds is 4. The summed E-state index contributed by atoms with van der Waals surface area (Å²) in [7, 11) is 0. The molecule has 1 aliphatic rings. The Morgan fingerprint density at radius 2 is 1.40 bits per heavy atom. The van der Waals surface area contributed by atoms with E-state index >= 15 is 0 Å². The molecule has 0 radical (unpaired) electrons. The van der Waals surface area contributed by atoms with E-state index in [-0.39, 0.29) is 12.6 Å². The van der Waals surface area contributed by atoms with Gasteiger partial charge in [0.1, 0.15) is 0 Å². The van der Waals surface area contributed by atoms with Crippen molar-refractivity contribution in [1.82, 2.24) is 0 Å². The van der Waals surface area contributed by atoms with Crippen LogP contribution in [0.15, 0.2) is 0 Å². The van der Waals surface area contributed by atoms with Crippen LogP contribution in [-0.2, 0) is 19.2 Å². The Morgan fingerprint density at radius 1 is 1.00 bits per heavy atom. The molecule has 0 bridgehead atoms. The molecule has 0 saturated carbocycles. The van der Waals surface area contributed by atoms with Crippen LogP contribution in [0.5, 0.6) is 0 Å². The summed E-state index contributed by atoms with van der Waals surface area (Å²) in [4.78, 5) is 9.18. The zero-order valence-electron chi connectivity index (χ0n) is 6.20. The van der Waals surface area contributed by atoms with Gasteiger partial charge in [-0.05, 0) is 13.8 Å². The highest BCUT2D eigenvalue weighted by molar-refractivity contribution is 4.52. The number of ether oxygens (including phenoxy) is 2. The van der Waals surface area contributed by atoms with E-state index in [4.69, 9.17) is 9.47 Å². The van der Waals surface area contributed by atoms with E-state index in [1.54, 1.807) is 0 Å². The fourth-order valence-corrected chi connectivity index (χ4v) is 0.688. The van der Waals surface area contributed by atoms with Gasteiger partial charge in [0.15, 0.2) is 0 Å². The zero-order chi connectivity index (χ0) is 7.40. The molecule has 1 saturated heterocycles. The Bertz CT molecular complexity index is 83.7. The summed E-state index contributed by atoms with van der Waals surface area (Å²) in [6.07, 6.45) is -0.658. The van der Waals surface area contributed by atoms with Gasteiger partial charge in [-0.1, -0.05) is 0 Å². The van der Waals surface area contributed by atoms with Crippen LogP contribution in [0.1, 0.15) is 13.8 Å². The lowest BCUT2D eigenvalue weighted by Gasteiger charge is -2.32. The summed E-state index contributed by atoms with van der Waals surface area (Å²) in [6, 6.07) is 0. The summed E-state index contributed by atoms with van der Waals surface area (Å²) in [6.45, 7) is 5.00. The average molecular weight is 148 g/mol. The third-order valence-corrected chi connectivity index (χ3v) is 1.13. The highest BCUT2D eigenvalue weighted by Gasteiger charge is 2.36. The molecule has 4 nitrogen and oxygen atoms in total. The van der Waals surface area contributed by atoms with Gasteiger partial charge in [0.25, 0.3) is 0 Å². The first-order valence-corrected chi connectivity index (χ1v) is 3.43. The molecule has 0 aromatic rings. The van der Waals surface area contributed by atoms with Crippen molar-refractivity contribution in [3.63, 3.8) is 0 Å². The third kappa shape index (κ3) is 1.67. The van der Waals surface area contributed by atoms with Crippen LogP contribution in [0.2, 0.25) is 0 Å². The highest BCUT2D eigenvalue weighted by atomic mass is 17.3. The molecule has 1 rings (SSSR count). The molecule has 10 heavy (non-hydrogen) atoms. The fourth-order valence-electron chi connectivity index (χ4n) is 0.688. The molecule has 0 unspecified atom stereocenters. The van der Waals surface area contributed by atoms with Gasteiger partial charge in [0.05, 0.1) is 0 Å². The average Bonchev–Trinajstić information content (AvgIpc) is 1.93. The first-order valence-electron chi connectivity index (χ1n) is 3.43. The molecule has 1 fully saturated rings. The third-order valence-electron chi connectivity index (χ3n) is 1.13. The van der Waals surface area contributed by atoms with E-state index in [9.17, 15) is 0 Å². The van der Waals surface area contributed by atoms with Gasteiger partial charge in [0, 0.05) is 13.2 Å². The molecule has 1 heterocycles.